The first kappa shape index (κ1) is 19.8. The molecule has 1 fully saturated rings. The van der Waals surface area contributed by atoms with Crippen LogP contribution in [0.4, 0.5) is 0 Å². The lowest BCUT2D eigenvalue weighted by Crippen LogP contribution is -2.10. The number of hydrogen-bond acceptors (Lipinski definition) is 4. The number of nitrogens with zero attached hydrogens (tertiary/aromatic N) is 3. The van der Waals surface area contributed by atoms with Gasteiger partial charge < -0.3 is 0 Å². The highest BCUT2D eigenvalue weighted by Crippen LogP contribution is 2.41. The molecule has 2 heterocycles. The fraction of sp³-hybridized carbons (Fsp3) is 0.222. The molecule has 0 unspecified atom stereocenters. The second-order valence-electron chi connectivity index (χ2n) is 8.48. The van der Waals surface area contributed by atoms with E-state index in [1.807, 2.05) is 0 Å². The highest BCUT2D eigenvalue weighted by atomic mass is 35.5. The molecule has 1 aliphatic rings. The Morgan fingerprint density at radius 2 is 1.59 bits per heavy atom. The largest absolute Gasteiger partial charge is 0.226 e. The van der Waals surface area contributed by atoms with Crippen LogP contribution in [0.3, 0.4) is 0 Å². The van der Waals surface area contributed by atoms with Gasteiger partial charge in [-0.15, -0.1) is 11.3 Å². The first-order chi connectivity index (χ1) is 15.8. The zero-order valence-electron chi connectivity index (χ0n) is 17.6. The number of thiophene rings is 1. The molecule has 0 aliphatic heterocycles. The average Bonchev–Trinajstić information content (AvgIpc) is 3.23. The quantitative estimate of drug-likeness (QED) is 0.274. The Labute approximate surface area is 196 Å². The second-order valence-corrected chi connectivity index (χ2v) is 9.87. The highest BCUT2D eigenvalue weighted by molar-refractivity contribution is 7.26. The summed E-state index contributed by atoms with van der Waals surface area (Å²) in [4.78, 5) is 13.9. The molecule has 2 aromatic heterocycles. The fourth-order valence-electron chi connectivity index (χ4n) is 4.81. The van der Waals surface area contributed by atoms with Crippen molar-refractivity contribution in [3.05, 3.63) is 77.8 Å². The minimum absolute atomic E-state index is 0.292. The lowest BCUT2D eigenvalue weighted by atomic mass is 9.89. The molecule has 0 spiro atoms. The van der Waals surface area contributed by atoms with E-state index in [0.717, 1.165) is 24.2 Å². The van der Waals surface area contributed by atoms with Crippen molar-refractivity contribution >= 4 is 43.1 Å². The monoisotopic (exact) mass is 455 g/mol. The van der Waals surface area contributed by atoms with Gasteiger partial charge in [0.25, 0.3) is 0 Å². The van der Waals surface area contributed by atoms with Gasteiger partial charge in [-0.2, -0.15) is 4.98 Å². The van der Waals surface area contributed by atoms with Crippen molar-refractivity contribution in [1.29, 1.82) is 0 Å². The van der Waals surface area contributed by atoms with E-state index < -0.39 is 0 Å². The van der Waals surface area contributed by atoms with E-state index in [1.165, 1.54) is 50.6 Å². The third-order valence-electron chi connectivity index (χ3n) is 6.44. The molecule has 158 valence electrons. The zero-order chi connectivity index (χ0) is 21.5. The molecule has 1 saturated carbocycles. The zero-order valence-corrected chi connectivity index (χ0v) is 19.2. The van der Waals surface area contributed by atoms with Crippen LogP contribution in [0, 0.1) is 0 Å². The predicted molar refractivity (Wildman–Crippen MR) is 134 cm³/mol. The number of halogens is 1. The van der Waals surface area contributed by atoms with Crippen molar-refractivity contribution in [2.24, 2.45) is 0 Å². The Hall–Kier alpha value is -2.82. The van der Waals surface area contributed by atoms with Crippen LogP contribution in [0.1, 0.15) is 43.8 Å². The molecule has 0 N–H and O–H groups in total. The van der Waals surface area contributed by atoms with Gasteiger partial charge in [-0.25, -0.2) is 9.97 Å². The Balaban J connectivity index is 1.49. The third-order valence-corrected chi connectivity index (χ3v) is 7.81. The molecule has 5 aromatic rings. The van der Waals surface area contributed by atoms with Crippen molar-refractivity contribution in [2.45, 2.75) is 38.0 Å². The number of benzene rings is 3. The lowest BCUT2D eigenvalue weighted by Gasteiger charge is -2.20. The third kappa shape index (κ3) is 3.58. The Kier molecular flexibility index (Phi) is 5.12. The van der Waals surface area contributed by atoms with Gasteiger partial charge in [-0.3, -0.25) is 0 Å². The number of aromatic nitrogens is 3. The van der Waals surface area contributed by atoms with Gasteiger partial charge in [-0.05, 0) is 47.7 Å². The van der Waals surface area contributed by atoms with E-state index in [-0.39, 0.29) is 0 Å². The summed E-state index contributed by atoms with van der Waals surface area (Å²) in [5.74, 6) is 1.92. The Morgan fingerprint density at radius 1 is 0.750 bits per heavy atom. The first-order valence-electron chi connectivity index (χ1n) is 11.2. The predicted octanol–water partition coefficient (Wildman–Crippen LogP) is 8.27. The van der Waals surface area contributed by atoms with Crippen molar-refractivity contribution in [2.75, 3.05) is 0 Å². The smallest absolute Gasteiger partial charge is 0.213 e. The van der Waals surface area contributed by atoms with Gasteiger partial charge >= 0.3 is 0 Å². The van der Waals surface area contributed by atoms with Gasteiger partial charge in [0.2, 0.25) is 5.28 Å². The molecular formula is C27H22ClN3S. The van der Waals surface area contributed by atoms with Crippen molar-refractivity contribution in [1.82, 2.24) is 15.0 Å². The van der Waals surface area contributed by atoms with E-state index in [4.69, 9.17) is 16.6 Å². The minimum atomic E-state index is 0.292. The molecule has 32 heavy (non-hydrogen) atoms. The first-order valence-corrected chi connectivity index (χ1v) is 12.4. The van der Waals surface area contributed by atoms with Crippen molar-refractivity contribution in [3.63, 3.8) is 0 Å². The summed E-state index contributed by atoms with van der Waals surface area (Å²) in [6.45, 7) is 0. The number of fused-ring (bicyclic) bond motifs is 3. The maximum Gasteiger partial charge on any atom is 0.226 e. The van der Waals surface area contributed by atoms with Crippen molar-refractivity contribution < 1.29 is 0 Å². The maximum atomic E-state index is 6.38. The standard InChI is InChI=1S/C27H22ClN3S/c28-27-30-25(18-10-5-2-6-11-18)29-26(31-27)22-13-7-12-21-20-15-14-19(16-23(20)32-24(21)22)17-8-3-1-4-9-17/h1,3-4,7-9,12-16,18H,2,5-6,10-11H2. The van der Waals surface area contributed by atoms with Gasteiger partial charge in [0.15, 0.2) is 5.82 Å². The number of rotatable bonds is 3. The molecule has 0 radical (unpaired) electrons. The van der Waals surface area contributed by atoms with Gasteiger partial charge in [0, 0.05) is 31.7 Å². The maximum absolute atomic E-state index is 6.38. The molecule has 0 atom stereocenters. The molecule has 3 aromatic carbocycles. The van der Waals surface area contributed by atoms with Crippen molar-refractivity contribution in [3.8, 4) is 22.5 Å². The summed E-state index contributed by atoms with van der Waals surface area (Å²) in [7, 11) is 0. The van der Waals surface area contributed by atoms with Crippen LogP contribution in [-0.2, 0) is 0 Å². The lowest BCUT2D eigenvalue weighted by molar-refractivity contribution is 0.428. The summed E-state index contributed by atoms with van der Waals surface area (Å²) >= 11 is 8.17. The summed E-state index contributed by atoms with van der Waals surface area (Å²) < 4.78 is 2.46. The summed E-state index contributed by atoms with van der Waals surface area (Å²) in [6, 6.07) is 23.6. The van der Waals surface area contributed by atoms with Crippen LogP contribution in [0.2, 0.25) is 5.28 Å². The summed E-state index contributed by atoms with van der Waals surface area (Å²) in [5, 5.41) is 2.79. The molecule has 1 aliphatic carbocycles. The SMILES string of the molecule is Clc1nc(-c2cccc3c2sc2cc(-c4ccccc4)ccc23)nc(C2CCCCC2)n1. The molecule has 0 saturated heterocycles. The van der Waals surface area contributed by atoms with Crippen LogP contribution >= 0.6 is 22.9 Å². The van der Waals surface area contributed by atoms with Gasteiger partial charge in [0.1, 0.15) is 5.82 Å². The summed E-state index contributed by atoms with van der Waals surface area (Å²) in [6.07, 6.45) is 6.04. The van der Waals surface area contributed by atoms with Crippen LogP contribution < -0.4 is 0 Å². The molecular weight excluding hydrogens is 434 g/mol. The average molecular weight is 456 g/mol. The molecule has 3 nitrogen and oxygen atoms in total. The van der Waals surface area contributed by atoms with Crippen LogP contribution in [0.15, 0.2) is 66.7 Å². The topological polar surface area (TPSA) is 38.7 Å². The normalized spacial score (nSPS) is 14.9. The molecule has 0 amide bonds. The highest BCUT2D eigenvalue weighted by Gasteiger charge is 2.21. The summed E-state index contributed by atoms with van der Waals surface area (Å²) in [5.41, 5.74) is 3.49. The Morgan fingerprint density at radius 3 is 2.44 bits per heavy atom. The van der Waals surface area contributed by atoms with E-state index in [2.05, 4.69) is 76.7 Å². The van der Waals surface area contributed by atoms with E-state index in [0.29, 0.717) is 17.0 Å². The van der Waals surface area contributed by atoms with Gasteiger partial charge in [0.05, 0.1) is 0 Å². The number of hydrogen-bond donors (Lipinski definition) is 0. The van der Waals surface area contributed by atoms with Crippen LogP contribution in [0.5, 0.6) is 0 Å². The van der Waals surface area contributed by atoms with Crippen LogP contribution in [0.25, 0.3) is 42.7 Å². The van der Waals surface area contributed by atoms with Gasteiger partial charge in [-0.1, -0.05) is 73.9 Å². The fourth-order valence-corrected chi connectivity index (χ4v) is 6.23. The minimum Gasteiger partial charge on any atom is -0.213 e. The molecule has 6 rings (SSSR count). The van der Waals surface area contributed by atoms with E-state index in [9.17, 15) is 0 Å². The molecule has 0 bridgehead atoms. The second kappa shape index (κ2) is 8.27. The Bertz CT molecular complexity index is 1420. The van der Waals surface area contributed by atoms with Crippen LogP contribution in [-0.4, -0.2) is 15.0 Å². The molecule has 5 heteroatoms. The van der Waals surface area contributed by atoms with E-state index >= 15 is 0 Å². The van der Waals surface area contributed by atoms with E-state index in [1.54, 1.807) is 11.3 Å².